The van der Waals surface area contributed by atoms with Crippen LogP contribution in [0.5, 0.6) is 0 Å². The van der Waals surface area contributed by atoms with Gasteiger partial charge in [0, 0.05) is 78.4 Å². The Bertz CT molecular complexity index is 2120. The standard InChI is InChI=1S/C40H74N13O23P2/c1-3-48(19-33(57)58)7-11-52(13-9-50(21-35(61)62)24-77(71,72)73)28(39(67)68)15-31(55)44-17-26(42)37(65)43-6-5-30(54)47-27(38(66)46-23-41)18-45-32(56)16-29(40(69)70)53(12-8-49(4-2)20-34(59)60)14-10-51(22-36(63)64)25-78(74,75)76/h26-29,42H,3-25,41H2,1-2H3,(H,43,65)(H,44,55)(H,45,56)(H,46,66)(H,47,54)(H,57,58)(H,59,60)(H,61,62)(H,63,64)(H,67,68)(H,69,70)(H2,71,72,73)(H2,74,75,76). The number of carboxylic acids is 6. The van der Waals surface area contributed by atoms with E-state index in [1.807, 2.05) is 0 Å². The van der Waals surface area contributed by atoms with Gasteiger partial charge in [-0.15, -0.1) is 0 Å². The van der Waals surface area contributed by atoms with E-state index in [-0.39, 0.29) is 52.4 Å². The fourth-order valence-electron chi connectivity index (χ4n) is 7.20. The Hall–Kier alpha value is -5.85. The maximum Gasteiger partial charge on any atom is 0.339 e. The first kappa shape index (κ1) is 72.2. The van der Waals surface area contributed by atoms with E-state index in [4.69, 9.17) is 11.5 Å². The summed E-state index contributed by atoms with van der Waals surface area (Å²) in [5.41, 5.74) is 13.6. The van der Waals surface area contributed by atoms with Gasteiger partial charge >= 0.3 is 51.0 Å². The molecule has 4 atom stereocenters. The molecule has 18 N–H and O–H groups in total. The van der Waals surface area contributed by atoms with Crippen molar-refractivity contribution in [2.75, 3.05) is 131 Å². The SMILES string of the molecule is CCN(CCN(CCN(CC(=O)O)CP(=O)(O)O)C(CC(=O)NCC([NH])C(=O)NCCC(=O)NC(CNC(=O)CC(C(=O)O)N(CCN(CC)CC(=O)O)CCN(CC(=O)O)CP(=O)(O)O)C(=O)NCN)C(=O)O)CC(=O)O. The Morgan fingerprint density at radius 2 is 0.859 bits per heavy atom. The first-order valence-electron chi connectivity index (χ1n) is 23.8. The van der Waals surface area contributed by atoms with Crippen molar-refractivity contribution >= 4 is 80.5 Å². The molecule has 78 heavy (non-hydrogen) atoms. The largest absolute Gasteiger partial charge is 0.480 e. The second-order valence-electron chi connectivity index (χ2n) is 17.3. The number of rotatable bonds is 45. The molecule has 0 aliphatic heterocycles. The van der Waals surface area contributed by atoms with Crippen LogP contribution in [-0.4, -0.2) is 300 Å². The molecular formula is C40H74N13O23P2. The summed E-state index contributed by atoms with van der Waals surface area (Å²) in [5, 5.41) is 68.7. The minimum absolute atomic E-state index is 0.0689. The van der Waals surface area contributed by atoms with Gasteiger partial charge in [0.2, 0.25) is 29.5 Å². The van der Waals surface area contributed by atoms with Gasteiger partial charge in [-0.2, -0.15) is 0 Å². The molecule has 0 spiro atoms. The monoisotopic (exact) mass is 1170 g/mol. The van der Waals surface area contributed by atoms with Gasteiger partial charge in [-0.05, 0) is 13.1 Å². The number of carboxylic acid groups (broad SMARTS) is 6. The predicted octanol–water partition coefficient (Wildman–Crippen LogP) is -7.96. The smallest absolute Gasteiger partial charge is 0.339 e. The fourth-order valence-corrected chi connectivity index (χ4v) is 8.72. The summed E-state index contributed by atoms with van der Waals surface area (Å²) in [6.45, 7) is -3.44. The number of carbonyl (C=O) groups is 11. The molecular weight excluding hydrogens is 1090 g/mol. The fraction of sp³-hybridized carbons (Fsp3) is 0.725. The van der Waals surface area contributed by atoms with Gasteiger partial charge in [0.15, 0.2) is 0 Å². The second-order valence-corrected chi connectivity index (χ2v) is 20.5. The second kappa shape index (κ2) is 37.1. The third kappa shape index (κ3) is 34.1. The molecule has 0 saturated carbocycles. The molecule has 0 saturated heterocycles. The van der Waals surface area contributed by atoms with Crippen molar-refractivity contribution in [1.29, 1.82) is 0 Å². The average molecular weight is 1170 g/mol. The highest BCUT2D eigenvalue weighted by molar-refractivity contribution is 7.51. The minimum Gasteiger partial charge on any atom is -0.480 e. The van der Waals surface area contributed by atoms with Gasteiger partial charge in [-0.1, -0.05) is 13.8 Å². The predicted molar refractivity (Wildman–Crippen MR) is 267 cm³/mol. The van der Waals surface area contributed by atoms with Crippen molar-refractivity contribution < 1.29 is 112 Å². The molecule has 5 amide bonds. The zero-order valence-electron chi connectivity index (χ0n) is 43.0. The van der Waals surface area contributed by atoms with E-state index < -0.39 is 202 Å². The molecule has 0 aromatic carbocycles. The normalized spacial score (nSPS) is 13.5. The maximum absolute atomic E-state index is 13.2. The van der Waals surface area contributed by atoms with Crippen molar-refractivity contribution in [2.24, 2.45) is 5.73 Å². The van der Waals surface area contributed by atoms with Crippen molar-refractivity contribution in [3.8, 4) is 0 Å². The third-order valence-corrected chi connectivity index (χ3v) is 12.6. The lowest BCUT2D eigenvalue weighted by Gasteiger charge is -2.32. The Balaban J connectivity index is 5.88. The number of likely N-dealkylation sites (N-methyl/N-ethyl adjacent to an activating group) is 2. The van der Waals surface area contributed by atoms with Crippen LogP contribution in [0.15, 0.2) is 0 Å². The van der Waals surface area contributed by atoms with Crippen molar-refractivity contribution in [3.05, 3.63) is 0 Å². The van der Waals surface area contributed by atoms with Crippen LogP contribution in [0.25, 0.3) is 0 Å². The third-order valence-electron chi connectivity index (χ3n) is 11.0. The highest BCUT2D eigenvalue weighted by Crippen LogP contribution is 2.35. The highest BCUT2D eigenvalue weighted by Gasteiger charge is 2.33. The van der Waals surface area contributed by atoms with Gasteiger partial charge in [-0.3, -0.25) is 91.3 Å². The first-order valence-corrected chi connectivity index (χ1v) is 27.4. The summed E-state index contributed by atoms with van der Waals surface area (Å²) >= 11 is 0. The highest BCUT2D eigenvalue weighted by atomic mass is 31.2. The van der Waals surface area contributed by atoms with E-state index in [1.165, 1.54) is 14.7 Å². The van der Waals surface area contributed by atoms with Gasteiger partial charge < -0.3 is 82.5 Å². The molecule has 36 nitrogen and oxygen atoms in total. The molecule has 0 aromatic heterocycles. The zero-order chi connectivity index (χ0) is 59.9. The molecule has 0 aliphatic carbocycles. The van der Waals surface area contributed by atoms with E-state index >= 15 is 0 Å². The van der Waals surface area contributed by atoms with Crippen LogP contribution in [-0.2, 0) is 61.9 Å². The number of nitrogens with one attached hydrogen (secondary N) is 6. The first-order chi connectivity index (χ1) is 36.2. The van der Waals surface area contributed by atoms with Crippen LogP contribution >= 0.6 is 15.2 Å². The van der Waals surface area contributed by atoms with Gasteiger partial charge in [0.25, 0.3) is 0 Å². The van der Waals surface area contributed by atoms with E-state index in [2.05, 4.69) is 26.6 Å². The zero-order valence-corrected chi connectivity index (χ0v) is 44.8. The van der Waals surface area contributed by atoms with Gasteiger partial charge in [0.1, 0.15) is 36.7 Å². The average Bonchev–Trinajstić information content (AvgIpc) is 3.30. The Morgan fingerprint density at radius 3 is 1.19 bits per heavy atom. The van der Waals surface area contributed by atoms with E-state index in [9.17, 15) is 112 Å². The van der Waals surface area contributed by atoms with Crippen molar-refractivity contribution in [2.45, 2.75) is 57.3 Å². The van der Waals surface area contributed by atoms with Crippen LogP contribution in [0.4, 0.5) is 0 Å². The molecule has 38 heteroatoms. The van der Waals surface area contributed by atoms with Crippen molar-refractivity contribution in [3.63, 3.8) is 0 Å². The molecule has 4 unspecified atom stereocenters. The molecule has 0 aliphatic rings. The van der Waals surface area contributed by atoms with Gasteiger partial charge in [-0.25, -0.2) is 5.73 Å². The number of amides is 5. The molecule has 0 rings (SSSR count). The summed E-state index contributed by atoms with van der Waals surface area (Å²) in [5.74, 6) is -13.4. The number of aliphatic carboxylic acids is 6. The molecule has 447 valence electrons. The molecule has 0 fully saturated rings. The van der Waals surface area contributed by atoms with Crippen LogP contribution in [0.1, 0.15) is 33.1 Å². The van der Waals surface area contributed by atoms with E-state index in [0.717, 1.165) is 14.7 Å². The summed E-state index contributed by atoms with van der Waals surface area (Å²) in [4.78, 5) is 180. The maximum atomic E-state index is 13.2. The quantitative estimate of drug-likeness (QED) is 0.0199. The lowest BCUT2D eigenvalue weighted by Crippen LogP contribution is -2.55. The van der Waals surface area contributed by atoms with E-state index in [1.54, 1.807) is 13.8 Å². The molecule has 1 radical (unpaired) electrons. The van der Waals surface area contributed by atoms with Gasteiger partial charge in [0.05, 0.1) is 45.7 Å². The Kier molecular flexibility index (Phi) is 34.3. The Labute approximate surface area is 447 Å². The topological polar surface area (TPSA) is 554 Å². The number of nitrogens with two attached hydrogens (primary N) is 1. The molecule has 0 bridgehead atoms. The number of hydrogen-bond acceptors (Lipinski definition) is 20. The van der Waals surface area contributed by atoms with Crippen LogP contribution in [0.2, 0.25) is 0 Å². The number of hydrogen-bond donors (Lipinski definition) is 16. The van der Waals surface area contributed by atoms with Crippen LogP contribution in [0.3, 0.4) is 0 Å². The molecule has 0 heterocycles. The summed E-state index contributed by atoms with van der Waals surface area (Å²) in [7, 11) is -9.61. The lowest BCUT2D eigenvalue weighted by molar-refractivity contribution is -0.146. The van der Waals surface area contributed by atoms with Crippen LogP contribution < -0.4 is 38.1 Å². The number of carbonyl (C=O) groups excluding carboxylic acids is 5. The van der Waals surface area contributed by atoms with Crippen molar-refractivity contribution in [1.82, 2.24) is 61.7 Å². The van der Waals surface area contributed by atoms with Crippen LogP contribution in [0, 0.1) is 0 Å². The number of nitrogens with zero attached hydrogens (tertiary/aromatic N) is 6. The summed E-state index contributed by atoms with van der Waals surface area (Å²) in [6.07, 6.45) is -4.23. The minimum atomic E-state index is -4.81. The molecule has 0 aromatic rings. The Morgan fingerprint density at radius 1 is 0.500 bits per heavy atom. The lowest BCUT2D eigenvalue weighted by atomic mass is 10.1. The van der Waals surface area contributed by atoms with E-state index in [0.29, 0.717) is 0 Å². The summed E-state index contributed by atoms with van der Waals surface area (Å²) < 4.78 is 23.4. The summed E-state index contributed by atoms with van der Waals surface area (Å²) in [6, 6.07) is -6.70.